The van der Waals surface area contributed by atoms with Gasteiger partial charge in [0.25, 0.3) is 5.91 Å². The number of amides is 1. The van der Waals surface area contributed by atoms with Crippen molar-refractivity contribution in [1.29, 1.82) is 0 Å². The highest BCUT2D eigenvalue weighted by atomic mass is 19.1. The first kappa shape index (κ1) is 16.8. The Morgan fingerprint density at radius 3 is 2.56 bits per heavy atom. The Labute approximate surface area is 143 Å². The van der Waals surface area contributed by atoms with Crippen LogP contribution in [-0.2, 0) is 14.3 Å². The Balaban J connectivity index is 1.55. The molecule has 1 aliphatic rings. The van der Waals surface area contributed by atoms with E-state index in [9.17, 15) is 14.0 Å². The van der Waals surface area contributed by atoms with Crippen LogP contribution in [0.1, 0.15) is 6.92 Å². The summed E-state index contributed by atoms with van der Waals surface area (Å²) in [7, 11) is 0. The fraction of sp³-hybridized carbons (Fsp3) is 0.222. The molecule has 2 aromatic carbocycles. The van der Waals surface area contributed by atoms with Gasteiger partial charge in [0.15, 0.2) is 17.6 Å². The molecule has 2 atom stereocenters. The number of hydrogen-bond acceptors (Lipinski definition) is 5. The van der Waals surface area contributed by atoms with Crippen molar-refractivity contribution in [2.24, 2.45) is 0 Å². The number of carbonyl (C=O) groups is 2. The highest BCUT2D eigenvalue weighted by Crippen LogP contribution is 2.31. The smallest absolute Gasteiger partial charge is 0.351 e. The molecule has 0 aromatic heterocycles. The van der Waals surface area contributed by atoms with E-state index in [0.29, 0.717) is 17.2 Å². The van der Waals surface area contributed by atoms with Gasteiger partial charge in [0, 0.05) is 5.69 Å². The van der Waals surface area contributed by atoms with Crippen LogP contribution in [0.4, 0.5) is 10.1 Å². The summed E-state index contributed by atoms with van der Waals surface area (Å²) >= 11 is 0. The summed E-state index contributed by atoms with van der Waals surface area (Å²) in [5.74, 6) is -0.645. The number of halogens is 1. The average molecular weight is 345 g/mol. The van der Waals surface area contributed by atoms with Crippen LogP contribution in [0, 0.1) is 5.82 Å². The largest absolute Gasteiger partial charge is 0.485 e. The Kier molecular flexibility index (Phi) is 4.83. The molecular weight excluding hydrogens is 329 g/mol. The monoisotopic (exact) mass is 345 g/mol. The Morgan fingerprint density at radius 1 is 1.16 bits per heavy atom. The molecule has 0 aliphatic carbocycles. The van der Waals surface area contributed by atoms with Gasteiger partial charge in [0.1, 0.15) is 12.4 Å². The summed E-state index contributed by atoms with van der Waals surface area (Å²) in [4.78, 5) is 24.2. The van der Waals surface area contributed by atoms with E-state index in [2.05, 4.69) is 5.32 Å². The van der Waals surface area contributed by atoms with Crippen LogP contribution in [0.3, 0.4) is 0 Å². The molecule has 6 nitrogen and oxygen atoms in total. The zero-order chi connectivity index (χ0) is 17.8. The molecule has 0 radical (unpaired) electrons. The molecule has 1 N–H and O–H groups in total. The van der Waals surface area contributed by atoms with Crippen LogP contribution in [0.5, 0.6) is 11.5 Å². The summed E-state index contributed by atoms with van der Waals surface area (Å²) in [6, 6.07) is 12.2. The summed E-state index contributed by atoms with van der Waals surface area (Å²) in [5, 5.41) is 2.54. The molecule has 2 aromatic rings. The maximum Gasteiger partial charge on any atom is 0.351 e. The fourth-order valence-corrected chi connectivity index (χ4v) is 2.22. The molecule has 1 aliphatic heterocycles. The standard InChI is InChI=1S/C18H16FNO5/c1-11(17(21)20-13-8-6-12(19)7-9-13)24-18(22)16-10-23-14-4-2-3-5-15(14)25-16/h2-9,11,16H,10H2,1H3,(H,20,21)/t11-,16+/m0/s1. The third-order valence-electron chi connectivity index (χ3n) is 3.55. The molecule has 0 bridgehead atoms. The number of rotatable bonds is 4. The lowest BCUT2D eigenvalue weighted by Crippen LogP contribution is -2.41. The van der Waals surface area contributed by atoms with Crippen molar-refractivity contribution >= 4 is 17.6 Å². The van der Waals surface area contributed by atoms with Gasteiger partial charge in [-0.05, 0) is 43.3 Å². The van der Waals surface area contributed by atoms with Crippen molar-refractivity contribution < 1.29 is 28.2 Å². The van der Waals surface area contributed by atoms with Crippen molar-refractivity contribution in [2.45, 2.75) is 19.1 Å². The molecule has 1 heterocycles. The first-order valence-corrected chi connectivity index (χ1v) is 7.68. The van der Waals surface area contributed by atoms with Crippen LogP contribution in [0.15, 0.2) is 48.5 Å². The van der Waals surface area contributed by atoms with Crippen molar-refractivity contribution in [3.63, 3.8) is 0 Å². The Morgan fingerprint density at radius 2 is 1.84 bits per heavy atom. The summed E-state index contributed by atoms with van der Waals surface area (Å²) < 4.78 is 29.0. The second kappa shape index (κ2) is 7.21. The molecule has 7 heteroatoms. The number of carbonyl (C=O) groups excluding carboxylic acids is 2. The second-order valence-electron chi connectivity index (χ2n) is 5.44. The second-order valence-corrected chi connectivity index (χ2v) is 5.44. The van der Waals surface area contributed by atoms with Gasteiger partial charge in [-0.15, -0.1) is 0 Å². The highest BCUT2D eigenvalue weighted by molar-refractivity contribution is 5.95. The first-order valence-electron chi connectivity index (χ1n) is 7.68. The third kappa shape index (κ3) is 4.06. The minimum absolute atomic E-state index is 0.00213. The first-order chi connectivity index (χ1) is 12.0. The van der Waals surface area contributed by atoms with Gasteiger partial charge in [-0.1, -0.05) is 12.1 Å². The summed E-state index contributed by atoms with van der Waals surface area (Å²) in [5.41, 5.74) is 0.403. The molecule has 0 saturated heterocycles. The number of esters is 1. The van der Waals surface area contributed by atoms with Crippen molar-refractivity contribution in [3.8, 4) is 11.5 Å². The number of anilines is 1. The van der Waals surface area contributed by atoms with E-state index >= 15 is 0 Å². The van der Waals surface area contributed by atoms with Gasteiger partial charge in [-0.2, -0.15) is 0 Å². The molecule has 0 unspecified atom stereocenters. The zero-order valence-corrected chi connectivity index (χ0v) is 13.4. The van der Waals surface area contributed by atoms with Crippen LogP contribution in [0.2, 0.25) is 0 Å². The van der Waals surface area contributed by atoms with Gasteiger partial charge in [-0.3, -0.25) is 4.79 Å². The van der Waals surface area contributed by atoms with Crippen molar-refractivity contribution in [3.05, 3.63) is 54.3 Å². The predicted octanol–water partition coefficient (Wildman–Crippen LogP) is 2.54. The average Bonchev–Trinajstić information content (AvgIpc) is 2.63. The van der Waals surface area contributed by atoms with Gasteiger partial charge < -0.3 is 19.5 Å². The number of para-hydroxylation sites is 2. The lowest BCUT2D eigenvalue weighted by Gasteiger charge is -2.25. The Bertz CT molecular complexity index is 777. The van der Waals surface area contributed by atoms with Gasteiger partial charge in [0.05, 0.1) is 0 Å². The van der Waals surface area contributed by atoms with Crippen LogP contribution in [-0.4, -0.2) is 30.7 Å². The summed E-state index contributed by atoms with van der Waals surface area (Å²) in [6.45, 7) is 1.44. The fourth-order valence-electron chi connectivity index (χ4n) is 2.22. The lowest BCUT2D eigenvalue weighted by molar-refractivity contribution is -0.162. The van der Waals surface area contributed by atoms with E-state index in [0.717, 1.165) is 0 Å². The zero-order valence-electron chi connectivity index (χ0n) is 13.4. The van der Waals surface area contributed by atoms with Crippen LogP contribution in [0.25, 0.3) is 0 Å². The SMILES string of the molecule is C[C@H](OC(=O)[C@H]1COc2ccccc2O1)C(=O)Nc1ccc(F)cc1. The van der Waals surface area contributed by atoms with E-state index in [1.165, 1.54) is 31.2 Å². The predicted molar refractivity (Wildman–Crippen MR) is 86.9 cm³/mol. The molecule has 130 valence electrons. The Hall–Kier alpha value is -3.09. The molecule has 3 rings (SSSR count). The maximum absolute atomic E-state index is 12.9. The van der Waals surface area contributed by atoms with Gasteiger partial charge in [0.2, 0.25) is 6.10 Å². The highest BCUT2D eigenvalue weighted by Gasteiger charge is 2.31. The van der Waals surface area contributed by atoms with E-state index in [1.807, 2.05) is 0 Å². The molecule has 1 amide bonds. The van der Waals surface area contributed by atoms with Crippen LogP contribution >= 0.6 is 0 Å². The third-order valence-corrected chi connectivity index (χ3v) is 3.55. The maximum atomic E-state index is 12.9. The van der Waals surface area contributed by atoms with E-state index < -0.39 is 29.9 Å². The molecule has 0 fully saturated rings. The van der Waals surface area contributed by atoms with E-state index in [-0.39, 0.29) is 6.61 Å². The lowest BCUT2D eigenvalue weighted by atomic mass is 10.2. The molecule has 0 spiro atoms. The topological polar surface area (TPSA) is 73.9 Å². The normalized spacial score (nSPS) is 16.6. The molecular formula is C18H16FNO5. The van der Waals surface area contributed by atoms with Gasteiger partial charge >= 0.3 is 5.97 Å². The number of nitrogens with one attached hydrogen (secondary N) is 1. The van der Waals surface area contributed by atoms with Crippen molar-refractivity contribution in [2.75, 3.05) is 11.9 Å². The molecule has 0 saturated carbocycles. The molecule has 25 heavy (non-hydrogen) atoms. The van der Waals surface area contributed by atoms with E-state index in [4.69, 9.17) is 14.2 Å². The minimum Gasteiger partial charge on any atom is -0.485 e. The minimum atomic E-state index is -1.04. The summed E-state index contributed by atoms with van der Waals surface area (Å²) in [6.07, 6.45) is -1.99. The van der Waals surface area contributed by atoms with Gasteiger partial charge in [-0.25, -0.2) is 9.18 Å². The van der Waals surface area contributed by atoms with Crippen LogP contribution < -0.4 is 14.8 Å². The van der Waals surface area contributed by atoms with E-state index in [1.54, 1.807) is 24.3 Å². The van der Waals surface area contributed by atoms with Crippen molar-refractivity contribution in [1.82, 2.24) is 0 Å². The number of fused-ring (bicyclic) bond motifs is 1. The number of benzene rings is 2. The quantitative estimate of drug-likeness (QED) is 0.862. The number of hydrogen-bond donors (Lipinski definition) is 1. The number of ether oxygens (including phenoxy) is 3.